The van der Waals surface area contributed by atoms with Crippen LogP contribution in [0.15, 0.2) is 42.6 Å². The van der Waals surface area contributed by atoms with Crippen molar-refractivity contribution in [1.82, 2.24) is 19.9 Å². The molecule has 1 aromatic carbocycles. The van der Waals surface area contributed by atoms with Gasteiger partial charge in [0.1, 0.15) is 11.6 Å². The highest BCUT2D eigenvalue weighted by Crippen LogP contribution is 2.23. The van der Waals surface area contributed by atoms with E-state index in [1.807, 2.05) is 6.92 Å². The number of nitrogen functional groups attached to an aromatic ring is 1. The fourth-order valence-corrected chi connectivity index (χ4v) is 2.44. The molecule has 0 amide bonds. The third-order valence-corrected chi connectivity index (χ3v) is 3.54. The van der Waals surface area contributed by atoms with Crippen molar-refractivity contribution in [2.45, 2.75) is 13.0 Å². The van der Waals surface area contributed by atoms with Crippen LogP contribution >= 0.6 is 0 Å². The second-order valence-corrected chi connectivity index (χ2v) is 5.78. The van der Waals surface area contributed by atoms with E-state index in [1.165, 1.54) is 12.1 Å². The molecule has 1 unspecified atom stereocenters. The number of nitrogens with two attached hydrogens (primary N) is 1. The molecule has 1 atom stereocenters. The van der Waals surface area contributed by atoms with Crippen molar-refractivity contribution in [3.05, 3.63) is 48.4 Å². The number of methoxy groups -OCH3 is 1. The van der Waals surface area contributed by atoms with Gasteiger partial charge in [0.05, 0.1) is 18.0 Å². The van der Waals surface area contributed by atoms with Gasteiger partial charge in [-0.05, 0) is 25.1 Å². The van der Waals surface area contributed by atoms with E-state index in [9.17, 15) is 4.39 Å². The van der Waals surface area contributed by atoms with Crippen LogP contribution in [0.25, 0.3) is 22.8 Å². The van der Waals surface area contributed by atoms with Gasteiger partial charge in [0.2, 0.25) is 5.95 Å². The van der Waals surface area contributed by atoms with E-state index in [0.717, 1.165) is 0 Å². The number of hydrogen-bond donors (Lipinski definition) is 2. The molecule has 8 heteroatoms. The number of benzene rings is 1. The van der Waals surface area contributed by atoms with Crippen molar-refractivity contribution in [2.75, 3.05) is 24.8 Å². The van der Waals surface area contributed by atoms with Crippen molar-refractivity contribution in [1.29, 1.82) is 0 Å². The van der Waals surface area contributed by atoms with Crippen molar-refractivity contribution in [3.63, 3.8) is 0 Å². The molecule has 0 bridgehead atoms. The fourth-order valence-electron chi connectivity index (χ4n) is 2.44. The average Bonchev–Trinajstić information content (AvgIpc) is 2.61. The van der Waals surface area contributed by atoms with Crippen LogP contribution in [0.5, 0.6) is 0 Å². The third kappa shape index (κ3) is 4.28. The van der Waals surface area contributed by atoms with Crippen LogP contribution in [0.1, 0.15) is 6.92 Å². The molecule has 0 saturated carbocycles. The first-order chi connectivity index (χ1) is 12.5. The number of anilines is 2. The summed E-state index contributed by atoms with van der Waals surface area (Å²) < 4.78 is 18.6. The fraction of sp³-hybridized carbons (Fsp3) is 0.222. The number of aromatic nitrogens is 4. The van der Waals surface area contributed by atoms with Crippen LogP contribution in [0.4, 0.5) is 16.2 Å². The second-order valence-electron chi connectivity index (χ2n) is 5.78. The predicted octanol–water partition coefficient (Wildman–Crippen LogP) is 2.77. The highest BCUT2D eigenvalue weighted by Gasteiger charge is 2.11. The Kier molecular flexibility index (Phi) is 5.33. The largest absolute Gasteiger partial charge is 0.384 e. The number of ether oxygens (including phenoxy) is 1. The summed E-state index contributed by atoms with van der Waals surface area (Å²) in [6.45, 7) is 2.49. The molecule has 2 heterocycles. The molecule has 0 saturated heterocycles. The van der Waals surface area contributed by atoms with E-state index in [4.69, 9.17) is 10.5 Å². The molecule has 3 N–H and O–H groups in total. The number of nitrogens with one attached hydrogen (secondary N) is 1. The minimum absolute atomic E-state index is 0.0496. The summed E-state index contributed by atoms with van der Waals surface area (Å²) in [4.78, 5) is 17.3. The Morgan fingerprint density at radius 3 is 2.77 bits per heavy atom. The molecular weight excluding hydrogens is 335 g/mol. The zero-order valence-electron chi connectivity index (χ0n) is 14.5. The first kappa shape index (κ1) is 17.7. The summed E-state index contributed by atoms with van der Waals surface area (Å²) in [6.07, 6.45) is 1.63. The zero-order chi connectivity index (χ0) is 18.5. The quantitative estimate of drug-likeness (QED) is 0.702. The molecular formula is C18H19FN6O. The lowest BCUT2D eigenvalue weighted by atomic mass is 10.2. The minimum atomic E-state index is -0.365. The summed E-state index contributed by atoms with van der Waals surface area (Å²) in [6, 6.07) is 9.44. The minimum Gasteiger partial charge on any atom is -0.384 e. The molecule has 0 aliphatic carbocycles. The van der Waals surface area contributed by atoms with Crippen LogP contribution in [0, 0.1) is 5.82 Å². The summed E-state index contributed by atoms with van der Waals surface area (Å²) in [5.41, 5.74) is 7.56. The van der Waals surface area contributed by atoms with E-state index in [-0.39, 0.29) is 17.7 Å². The Labute approximate surface area is 150 Å². The summed E-state index contributed by atoms with van der Waals surface area (Å²) >= 11 is 0. The number of nitrogens with zero attached hydrogens (tertiary/aromatic N) is 4. The second kappa shape index (κ2) is 7.83. The maximum absolute atomic E-state index is 13.5. The topological polar surface area (TPSA) is 98.8 Å². The van der Waals surface area contributed by atoms with Crippen molar-refractivity contribution in [2.24, 2.45) is 0 Å². The number of halogens is 1. The lowest BCUT2D eigenvalue weighted by Crippen LogP contribution is -2.22. The monoisotopic (exact) mass is 354 g/mol. The summed E-state index contributed by atoms with van der Waals surface area (Å²) in [7, 11) is 1.63. The summed E-state index contributed by atoms with van der Waals surface area (Å²) in [5, 5.41) is 3.15. The maximum Gasteiger partial charge on any atom is 0.223 e. The van der Waals surface area contributed by atoms with Gasteiger partial charge in [0.25, 0.3) is 0 Å². The predicted molar refractivity (Wildman–Crippen MR) is 97.8 cm³/mol. The van der Waals surface area contributed by atoms with Crippen molar-refractivity contribution >= 4 is 11.8 Å². The number of rotatable bonds is 6. The number of hydrogen-bond acceptors (Lipinski definition) is 7. The molecule has 7 nitrogen and oxygen atoms in total. The molecule has 0 radical (unpaired) electrons. The molecule has 3 rings (SSSR count). The van der Waals surface area contributed by atoms with E-state index >= 15 is 0 Å². The Bertz CT molecular complexity index is 904. The first-order valence-electron chi connectivity index (χ1n) is 8.04. The van der Waals surface area contributed by atoms with Crippen molar-refractivity contribution < 1.29 is 9.13 Å². The van der Waals surface area contributed by atoms with Crippen LogP contribution < -0.4 is 11.1 Å². The standard InChI is InChI=1S/C18H19FN6O/c1-11(10-26-2)22-18-21-7-6-14(24-18)15-9-16(20)25-17(23-15)12-4-3-5-13(19)8-12/h3-9,11H,10H2,1-2H3,(H2,20,23,25)(H,21,22,24). The molecule has 2 aromatic heterocycles. The SMILES string of the molecule is COCC(C)Nc1nccc(-c2cc(N)nc(-c3cccc(F)c3)n2)n1. The summed E-state index contributed by atoms with van der Waals surface area (Å²) in [5.74, 6) is 0.697. The van der Waals surface area contributed by atoms with Gasteiger partial charge in [-0.25, -0.2) is 24.3 Å². The smallest absolute Gasteiger partial charge is 0.223 e. The van der Waals surface area contributed by atoms with E-state index < -0.39 is 0 Å². The van der Waals surface area contributed by atoms with E-state index in [0.29, 0.717) is 35.3 Å². The Balaban J connectivity index is 1.94. The molecule has 26 heavy (non-hydrogen) atoms. The Morgan fingerprint density at radius 1 is 1.15 bits per heavy atom. The molecule has 0 spiro atoms. The lowest BCUT2D eigenvalue weighted by molar-refractivity contribution is 0.190. The normalized spacial score (nSPS) is 12.0. The van der Waals surface area contributed by atoms with Crippen LogP contribution in [-0.2, 0) is 4.74 Å². The molecule has 3 aromatic rings. The Hall–Kier alpha value is -3.13. The van der Waals surface area contributed by atoms with Gasteiger partial charge in [-0.2, -0.15) is 0 Å². The molecule has 0 aliphatic rings. The van der Waals surface area contributed by atoms with Crippen LogP contribution in [0.3, 0.4) is 0 Å². The van der Waals surface area contributed by atoms with Gasteiger partial charge in [0.15, 0.2) is 5.82 Å². The zero-order valence-corrected chi connectivity index (χ0v) is 14.5. The van der Waals surface area contributed by atoms with Crippen LogP contribution in [-0.4, -0.2) is 39.7 Å². The average molecular weight is 354 g/mol. The molecule has 134 valence electrons. The molecule has 0 fully saturated rings. The van der Waals surface area contributed by atoms with E-state index in [2.05, 4.69) is 25.3 Å². The van der Waals surface area contributed by atoms with E-state index in [1.54, 1.807) is 37.6 Å². The van der Waals surface area contributed by atoms with Gasteiger partial charge in [-0.1, -0.05) is 12.1 Å². The maximum atomic E-state index is 13.5. The van der Waals surface area contributed by atoms with Gasteiger partial charge in [-0.15, -0.1) is 0 Å². The van der Waals surface area contributed by atoms with Crippen LogP contribution in [0.2, 0.25) is 0 Å². The highest BCUT2D eigenvalue weighted by atomic mass is 19.1. The molecule has 0 aliphatic heterocycles. The van der Waals surface area contributed by atoms with Gasteiger partial charge < -0.3 is 15.8 Å². The highest BCUT2D eigenvalue weighted by molar-refractivity contribution is 5.65. The first-order valence-corrected chi connectivity index (χ1v) is 8.04. The van der Waals surface area contributed by atoms with Gasteiger partial charge >= 0.3 is 0 Å². The third-order valence-electron chi connectivity index (χ3n) is 3.54. The Morgan fingerprint density at radius 2 is 2.00 bits per heavy atom. The van der Waals surface area contributed by atoms with Crippen molar-refractivity contribution in [3.8, 4) is 22.8 Å². The van der Waals surface area contributed by atoms with Gasteiger partial charge in [-0.3, -0.25) is 0 Å². The van der Waals surface area contributed by atoms with Gasteiger partial charge in [0, 0.05) is 31.0 Å². The lowest BCUT2D eigenvalue weighted by Gasteiger charge is -2.13.